The van der Waals surface area contributed by atoms with Gasteiger partial charge in [0.25, 0.3) is 0 Å². The van der Waals surface area contributed by atoms with E-state index in [-0.39, 0.29) is 18.9 Å². The molecular weight excluding hydrogens is 500 g/mol. The lowest BCUT2D eigenvalue weighted by Gasteiger charge is -2.60. The minimum absolute atomic E-state index is 0. The van der Waals surface area contributed by atoms with E-state index in [0.29, 0.717) is 17.1 Å². The molecule has 0 amide bonds. The van der Waals surface area contributed by atoms with Crippen LogP contribution in [-0.4, -0.2) is 29.4 Å². The molecule has 7 unspecified atom stereocenters. The van der Waals surface area contributed by atoms with Crippen molar-refractivity contribution in [1.82, 2.24) is 0 Å². The molecule has 4 aliphatic rings. The summed E-state index contributed by atoms with van der Waals surface area (Å²) in [5, 5.41) is 10.5. The van der Waals surface area contributed by atoms with E-state index in [1.807, 2.05) is 44.2 Å². The van der Waals surface area contributed by atoms with E-state index in [1.165, 1.54) is 38.5 Å². The first-order chi connectivity index (χ1) is 18.3. The zero-order valence-electron chi connectivity index (χ0n) is 25.4. The number of Topliss-reactive ketones (excluding diaryl/α,β-unsaturated/α-hetero) is 1. The van der Waals surface area contributed by atoms with Crippen LogP contribution >= 0.6 is 12.6 Å². The summed E-state index contributed by atoms with van der Waals surface area (Å²) in [5.41, 5.74) is 0.598. The van der Waals surface area contributed by atoms with Gasteiger partial charge in [-0.1, -0.05) is 73.6 Å². The van der Waals surface area contributed by atoms with Gasteiger partial charge in [0.15, 0.2) is 0 Å². The van der Waals surface area contributed by atoms with Gasteiger partial charge in [-0.2, -0.15) is 12.6 Å². The lowest BCUT2D eigenvalue weighted by Crippen LogP contribution is -2.54. The van der Waals surface area contributed by atoms with Crippen LogP contribution in [0, 0.1) is 34.5 Å². The Kier molecular flexibility index (Phi) is 16.4. The van der Waals surface area contributed by atoms with E-state index in [4.69, 9.17) is 4.74 Å². The van der Waals surface area contributed by atoms with Crippen LogP contribution in [0.3, 0.4) is 0 Å². The first kappa shape index (κ1) is 36.0. The Morgan fingerprint density at radius 3 is 2.21 bits per heavy atom. The summed E-state index contributed by atoms with van der Waals surface area (Å²) in [6.07, 6.45) is 13.5. The highest BCUT2D eigenvalue weighted by atomic mass is 32.1. The van der Waals surface area contributed by atoms with Crippen molar-refractivity contribution >= 4 is 18.4 Å². The molecule has 1 N–H and O–H groups in total. The van der Waals surface area contributed by atoms with Crippen molar-refractivity contribution in [3.63, 3.8) is 0 Å². The van der Waals surface area contributed by atoms with Crippen LogP contribution in [0.1, 0.15) is 126 Å². The molecule has 1 aromatic rings. The van der Waals surface area contributed by atoms with E-state index in [9.17, 15) is 9.90 Å². The monoisotopic (exact) mass is 562 g/mol. The van der Waals surface area contributed by atoms with Crippen molar-refractivity contribution in [2.45, 2.75) is 132 Å². The number of ether oxygens (including phenoxy) is 1. The maximum absolute atomic E-state index is 11.9. The van der Waals surface area contributed by atoms with Crippen molar-refractivity contribution in [3.05, 3.63) is 30.3 Å². The summed E-state index contributed by atoms with van der Waals surface area (Å²) in [7, 11) is 0. The molecule has 5 rings (SSSR count). The van der Waals surface area contributed by atoms with Gasteiger partial charge in [0.1, 0.15) is 11.5 Å². The molecule has 7 atom stereocenters. The highest BCUT2D eigenvalue weighted by Crippen LogP contribution is 2.65. The number of ketones is 1. The van der Waals surface area contributed by atoms with Crippen molar-refractivity contribution < 1.29 is 14.6 Å². The number of carbonyl (C=O) groups excluding carboxylic acids is 1. The number of aliphatic hydroxyl groups excluding tert-OH is 1. The first-order valence-corrected chi connectivity index (χ1v) is 16.4. The molecular formula is C35H62O3S. The molecule has 4 fully saturated rings. The topological polar surface area (TPSA) is 46.5 Å². The number of hydrogen-bond donors (Lipinski definition) is 2. The van der Waals surface area contributed by atoms with Crippen molar-refractivity contribution in [2.24, 2.45) is 34.5 Å². The number of aliphatic hydroxyl groups is 1. The van der Waals surface area contributed by atoms with Gasteiger partial charge >= 0.3 is 0 Å². The lowest BCUT2D eigenvalue weighted by molar-refractivity contribution is -0.141. The average Bonchev–Trinajstić information content (AvgIpc) is 3.24. The molecule has 0 aromatic heterocycles. The van der Waals surface area contributed by atoms with E-state index in [2.05, 4.69) is 40.3 Å². The zero-order chi connectivity index (χ0) is 28.2. The highest BCUT2D eigenvalue weighted by molar-refractivity contribution is 7.80. The number of hydrogen-bond acceptors (Lipinski definition) is 4. The number of benzene rings is 1. The molecule has 4 saturated carbocycles. The van der Waals surface area contributed by atoms with Crippen LogP contribution in [0.4, 0.5) is 0 Å². The standard InChI is InChI=1S/C19H30O2.C10H14OS.C3H8.C2H6.CH4/c1-18-9-7-13(20)11-12(18)3-4-14-15-5-6-17(21)19(15,2)10-8-16(14)18;12-9-5-4-8-11-10-6-2-1-3-7-10;1-3-2;1-2;/h12,14-17,21H,3-11H2,1-2H3;1-3,6-7,12H,4-5,8-9H2;3H2,1-2H3;1-2H3;1H4. The number of fused-ring (bicyclic) bond motifs is 5. The van der Waals surface area contributed by atoms with Crippen LogP contribution in [0.2, 0.25) is 0 Å². The number of thiol groups is 1. The van der Waals surface area contributed by atoms with Crippen LogP contribution in [0.5, 0.6) is 5.75 Å². The summed E-state index contributed by atoms with van der Waals surface area (Å²) in [4.78, 5) is 11.9. The molecule has 0 heterocycles. The van der Waals surface area contributed by atoms with Gasteiger partial charge in [-0.25, -0.2) is 0 Å². The second-order valence-electron chi connectivity index (χ2n) is 12.3. The summed E-state index contributed by atoms with van der Waals surface area (Å²) in [6.45, 7) is 13.9. The normalized spacial score (nSPS) is 34.1. The van der Waals surface area contributed by atoms with Gasteiger partial charge in [0.2, 0.25) is 0 Å². The molecule has 226 valence electrons. The zero-order valence-corrected chi connectivity index (χ0v) is 26.3. The molecule has 1 aromatic carbocycles. The summed E-state index contributed by atoms with van der Waals surface area (Å²) < 4.78 is 5.47. The first-order valence-electron chi connectivity index (χ1n) is 15.8. The van der Waals surface area contributed by atoms with E-state index in [0.717, 1.165) is 74.4 Å². The number of rotatable bonds is 5. The van der Waals surface area contributed by atoms with Gasteiger partial charge in [0.05, 0.1) is 12.7 Å². The molecule has 0 bridgehead atoms. The van der Waals surface area contributed by atoms with E-state index in [1.54, 1.807) is 0 Å². The van der Waals surface area contributed by atoms with Crippen LogP contribution in [0.25, 0.3) is 0 Å². The third-order valence-corrected chi connectivity index (χ3v) is 10.3. The second-order valence-corrected chi connectivity index (χ2v) is 12.8. The van der Waals surface area contributed by atoms with Gasteiger partial charge in [0, 0.05) is 12.8 Å². The van der Waals surface area contributed by atoms with Crippen molar-refractivity contribution in [1.29, 1.82) is 0 Å². The fraction of sp³-hybridized carbons (Fsp3) is 0.800. The third-order valence-electron chi connectivity index (χ3n) is 10.00. The van der Waals surface area contributed by atoms with Gasteiger partial charge < -0.3 is 9.84 Å². The average molecular weight is 563 g/mol. The maximum atomic E-state index is 11.9. The largest absolute Gasteiger partial charge is 0.494 e. The summed E-state index contributed by atoms with van der Waals surface area (Å²) in [5.74, 6) is 5.42. The molecule has 4 heteroatoms. The number of para-hydroxylation sites is 1. The number of carbonyl (C=O) groups is 1. The molecule has 0 spiro atoms. The Hall–Kier alpha value is -1.00. The molecule has 4 aliphatic carbocycles. The Labute approximate surface area is 247 Å². The van der Waals surface area contributed by atoms with E-state index < -0.39 is 0 Å². The van der Waals surface area contributed by atoms with Crippen molar-refractivity contribution in [3.8, 4) is 5.75 Å². The predicted molar refractivity (Wildman–Crippen MR) is 172 cm³/mol. The molecule has 0 radical (unpaired) electrons. The Morgan fingerprint density at radius 2 is 1.56 bits per heavy atom. The quantitative estimate of drug-likeness (QED) is 0.277. The van der Waals surface area contributed by atoms with Gasteiger partial charge in [-0.3, -0.25) is 4.79 Å². The Balaban J connectivity index is 0.000000363. The van der Waals surface area contributed by atoms with Crippen LogP contribution in [-0.2, 0) is 4.79 Å². The smallest absolute Gasteiger partial charge is 0.133 e. The van der Waals surface area contributed by atoms with Crippen molar-refractivity contribution in [2.75, 3.05) is 12.4 Å². The Bertz CT molecular complexity index is 798. The lowest BCUT2D eigenvalue weighted by atomic mass is 9.45. The van der Waals surface area contributed by atoms with Crippen LogP contribution in [0.15, 0.2) is 30.3 Å². The second kappa shape index (κ2) is 17.7. The highest BCUT2D eigenvalue weighted by Gasteiger charge is 2.59. The minimum atomic E-state index is -0.0677. The SMILES string of the molecule is C.CC.CC12CCC3C(CCC4CC(=O)CCC43C)C1CCC2O.CCC.SCCCCOc1ccccc1. The van der Waals surface area contributed by atoms with Crippen LogP contribution < -0.4 is 4.74 Å². The fourth-order valence-corrected chi connectivity index (χ4v) is 8.16. The third kappa shape index (κ3) is 8.99. The van der Waals surface area contributed by atoms with Gasteiger partial charge in [-0.15, -0.1) is 0 Å². The summed E-state index contributed by atoms with van der Waals surface area (Å²) in [6, 6.07) is 9.89. The molecule has 0 aliphatic heterocycles. The molecule has 3 nitrogen and oxygen atoms in total. The predicted octanol–water partition coefficient (Wildman–Crippen LogP) is 9.81. The fourth-order valence-electron chi connectivity index (χ4n) is 7.94. The molecule has 39 heavy (non-hydrogen) atoms. The molecule has 0 saturated heterocycles. The maximum Gasteiger partial charge on any atom is 0.133 e. The Morgan fingerprint density at radius 1 is 0.923 bits per heavy atom. The van der Waals surface area contributed by atoms with Gasteiger partial charge in [-0.05, 0) is 110 Å². The number of unbranched alkanes of at least 4 members (excludes halogenated alkanes) is 1. The van der Waals surface area contributed by atoms with E-state index >= 15 is 0 Å². The minimum Gasteiger partial charge on any atom is -0.494 e. The summed E-state index contributed by atoms with van der Waals surface area (Å²) >= 11 is 4.13.